The molecule has 1 aromatic heterocycles. The third-order valence-electron chi connectivity index (χ3n) is 4.87. The molecule has 1 aliphatic rings. The van der Waals surface area contributed by atoms with Crippen LogP contribution in [0.3, 0.4) is 0 Å². The number of piperidine rings is 1. The van der Waals surface area contributed by atoms with Crippen LogP contribution in [0.5, 0.6) is 0 Å². The van der Waals surface area contributed by atoms with Crippen LogP contribution in [0.4, 0.5) is 10.2 Å². The Bertz CT molecular complexity index is 821. The second kappa shape index (κ2) is 6.56. The number of rotatable bonds is 3. The number of nitrogens with zero attached hydrogens (tertiary/aromatic N) is 3. The molecule has 24 heavy (non-hydrogen) atoms. The lowest BCUT2D eigenvalue weighted by atomic mass is 9.90. The maximum atomic E-state index is 14.3. The summed E-state index contributed by atoms with van der Waals surface area (Å²) in [5, 5.41) is 0.543. The molecule has 1 saturated heterocycles. The molecule has 4 heteroatoms. The lowest BCUT2D eigenvalue weighted by Crippen LogP contribution is -2.35. The van der Waals surface area contributed by atoms with Gasteiger partial charge in [0.25, 0.3) is 0 Å². The monoisotopic (exact) mass is 321 g/mol. The van der Waals surface area contributed by atoms with Crippen LogP contribution in [0, 0.1) is 11.7 Å². The number of halogens is 1. The summed E-state index contributed by atoms with van der Waals surface area (Å²) in [6.07, 6.45) is 4.87. The fraction of sp³-hybridized carbons (Fsp3) is 0.300. The summed E-state index contributed by atoms with van der Waals surface area (Å²) in [6, 6.07) is 15.7. The van der Waals surface area contributed by atoms with Crippen molar-refractivity contribution >= 4 is 16.7 Å². The Morgan fingerprint density at radius 2 is 1.75 bits per heavy atom. The number of benzene rings is 2. The Kier molecular flexibility index (Phi) is 4.11. The summed E-state index contributed by atoms with van der Waals surface area (Å²) in [4.78, 5) is 10.8. The highest BCUT2D eigenvalue weighted by Gasteiger charge is 2.22. The lowest BCUT2D eigenvalue weighted by Gasteiger charge is -2.33. The van der Waals surface area contributed by atoms with Gasteiger partial charge in [-0.1, -0.05) is 36.4 Å². The first kappa shape index (κ1) is 15.1. The Labute approximate surface area is 141 Å². The highest BCUT2D eigenvalue weighted by molar-refractivity contribution is 5.89. The van der Waals surface area contributed by atoms with Crippen LogP contribution in [-0.2, 0) is 6.42 Å². The Hall–Kier alpha value is -2.49. The molecule has 0 N–H and O–H groups in total. The normalized spacial score (nSPS) is 15.8. The van der Waals surface area contributed by atoms with Gasteiger partial charge in [-0.2, -0.15) is 0 Å². The maximum Gasteiger partial charge on any atom is 0.142 e. The molecule has 4 rings (SSSR count). The zero-order chi connectivity index (χ0) is 16.4. The van der Waals surface area contributed by atoms with Gasteiger partial charge in [0, 0.05) is 13.1 Å². The van der Waals surface area contributed by atoms with E-state index < -0.39 is 0 Å². The molecule has 2 aromatic carbocycles. The van der Waals surface area contributed by atoms with E-state index in [-0.39, 0.29) is 5.82 Å². The summed E-state index contributed by atoms with van der Waals surface area (Å²) in [6.45, 7) is 1.83. The minimum Gasteiger partial charge on any atom is -0.356 e. The molecule has 0 aliphatic carbocycles. The van der Waals surface area contributed by atoms with Crippen molar-refractivity contribution in [2.45, 2.75) is 19.3 Å². The van der Waals surface area contributed by atoms with E-state index in [4.69, 9.17) is 0 Å². The van der Waals surface area contributed by atoms with Crippen molar-refractivity contribution in [1.29, 1.82) is 0 Å². The van der Waals surface area contributed by atoms with E-state index in [0.29, 0.717) is 16.8 Å². The third-order valence-corrected chi connectivity index (χ3v) is 4.87. The van der Waals surface area contributed by atoms with E-state index >= 15 is 0 Å². The van der Waals surface area contributed by atoms with Crippen molar-refractivity contribution in [1.82, 2.24) is 9.97 Å². The summed E-state index contributed by atoms with van der Waals surface area (Å²) in [5.41, 5.74) is 2.07. The fourth-order valence-electron chi connectivity index (χ4n) is 3.59. The predicted molar refractivity (Wildman–Crippen MR) is 94.6 cm³/mol. The van der Waals surface area contributed by atoms with E-state index in [9.17, 15) is 4.39 Å². The number of aromatic nitrogens is 2. The molecule has 0 radical (unpaired) electrons. The van der Waals surface area contributed by atoms with Gasteiger partial charge in [-0.15, -0.1) is 0 Å². The average molecular weight is 321 g/mol. The second-order valence-electron chi connectivity index (χ2n) is 6.45. The molecule has 0 amide bonds. The van der Waals surface area contributed by atoms with Gasteiger partial charge < -0.3 is 4.90 Å². The van der Waals surface area contributed by atoms with Gasteiger partial charge in [0.2, 0.25) is 0 Å². The van der Waals surface area contributed by atoms with Crippen LogP contribution in [0.15, 0.2) is 54.9 Å². The minimum atomic E-state index is -0.241. The van der Waals surface area contributed by atoms with E-state index in [2.05, 4.69) is 45.2 Å². The van der Waals surface area contributed by atoms with Crippen LogP contribution in [0.2, 0.25) is 0 Å². The predicted octanol–water partition coefficient (Wildman–Crippen LogP) is 4.23. The third kappa shape index (κ3) is 2.96. The van der Waals surface area contributed by atoms with Gasteiger partial charge in [0.05, 0.1) is 10.9 Å². The molecule has 0 spiro atoms. The molecule has 1 fully saturated rings. The van der Waals surface area contributed by atoms with E-state index in [0.717, 1.165) is 38.2 Å². The quantitative estimate of drug-likeness (QED) is 0.723. The van der Waals surface area contributed by atoms with Crippen molar-refractivity contribution < 1.29 is 4.39 Å². The molecule has 2 heterocycles. The maximum absolute atomic E-state index is 14.3. The van der Waals surface area contributed by atoms with E-state index in [1.165, 1.54) is 18.0 Å². The van der Waals surface area contributed by atoms with Crippen LogP contribution >= 0.6 is 0 Å². The molecule has 1 aliphatic heterocycles. The molecular weight excluding hydrogens is 301 g/mol. The molecule has 3 nitrogen and oxygen atoms in total. The standard InChI is InChI=1S/C20H20FN3/c21-17-7-4-8-18-19(17)20(23-14-22-18)24-11-9-16(10-12-24)13-15-5-2-1-3-6-15/h1-8,14,16H,9-13H2. The second-order valence-corrected chi connectivity index (χ2v) is 6.45. The largest absolute Gasteiger partial charge is 0.356 e. The lowest BCUT2D eigenvalue weighted by molar-refractivity contribution is 0.402. The van der Waals surface area contributed by atoms with Crippen LogP contribution in [0.25, 0.3) is 10.9 Å². The first-order valence-electron chi connectivity index (χ1n) is 8.49. The number of fused-ring (bicyclic) bond motifs is 1. The summed E-state index contributed by atoms with van der Waals surface area (Å²) in [7, 11) is 0. The van der Waals surface area contributed by atoms with Crippen LogP contribution in [0.1, 0.15) is 18.4 Å². The Morgan fingerprint density at radius 3 is 2.54 bits per heavy atom. The van der Waals surface area contributed by atoms with Gasteiger partial charge in [-0.05, 0) is 42.9 Å². The number of hydrogen-bond acceptors (Lipinski definition) is 3. The van der Waals surface area contributed by atoms with Gasteiger partial charge in [-0.25, -0.2) is 14.4 Å². The van der Waals surface area contributed by atoms with E-state index in [1.807, 2.05) is 6.07 Å². The molecular formula is C20H20FN3. The molecule has 0 saturated carbocycles. The minimum absolute atomic E-state index is 0.241. The number of hydrogen-bond donors (Lipinski definition) is 0. The summed E-state index contributed by atoms with van der Waals surface area (Å²) < 4.78 is 14.3. The van der Waals surface area contributed by atoms with Crippen molar-refractivity contribution in [3.8, 4) is 0 Å². The SMILES string of the molecule is Fc1cccc2ncnc(N3CCC(Cc4ccccc4)CC3)c12. The highest BCUT2D eigenvalue weighted by atomic mass is 19.1. The summed E-state index contributed by atoms with van der Waals surface area (Å²) in [5.74, 6) is 1.17. The molecule has 0 atom stereocenters. The molecule has 122 valence electrons. The average Bonchev–Trinajstić information content (AvgIpc) is 2.63. The highest BCUT2D eigenvalue weighted by Crippen LogP contribution is 2.30. The van der Waals surface area contributed by atoms with Gasteiger partial charge in [0.1, 0.15) is 18.0 Å². The van der Waals surface area contributed by atoms with Gasteiger partial charge in [0.15, 0.2) is 0 Å². The smallest absolute Gasteiger partial charge is 0.142 e. The van der Waals surface area contributed by atoms with Crippen molar-refractivity contribution in [3.63, 3.8) is 0 Å². The Morgan fingerprint density at radius 1 is 0.958 bits per heavy atom. The van der Waals surface area contributed by atoms with Crippen molar-refractivity contribution in [3.05, 3.63) is 66.2 Å². The molecule has 3 aromatic rings. The van der Waals surface area contributed by atoms with Crippen molar-refractivity contribution in [2.24, 2.45) is 5.92 Å². The topological polar surface area (TPSA) is 29.0 Å². The molecule has 0 unspecified atom stereocenters. The van der Waals surface area contributed by atoms with Gasteiger partial charge in [-0.3, -0.25) is 0 Å². The fourth-order valence-corrected chi connectivity index (χ4v) is 3.59. The summed E-state index contributed by atoms with van der Waals surface area (Å²) >= 11 is 0. The van der Waals surface area contributed by atoms with Crippen LogP contribution < -0.4 is 4.90 Å². The Balaban J connectivity index is 1.50. The molecule has 0 bridgehead atoms. The zero-order valence-electron chi connectivity index (χ0n) is 13.5. The first-order chi connectivity index (χ1) is 11.8. The van der Waals surface area contributed by atoms with E-state index in [1.54, 1.807) is 6.07 Å². The van der Waals surface area contributed by atoms with Gasteiger partial charge >= 0.3 is 0 Å². The first-order valence-corrected chi connectivity index (χ1v) is 8.49. The van der Waals surface area contributed by atoms with Crippen LogP contribution in [-0.4, -0.2) is 23.1 Å². The zero-order valence-corrected chi connectivity index (χ0v) is 13.5. The number of anilines is 1. The van der Waals surface area contributed by atoms with Crippen molar-refractivity contribution in [2.75, 3.05) is 18.0 Å².